The van der Waals surface area contributed by atoms with Crippen LogP contribution in [-0.4, -0.2) is 49.6 Å². The van der Waals surface area contributed by atoms with Gasteiger partial charge in [0.1, 0.15) is 6.61 Å². The third kappa shape index (κ3) is 4.17. The molecule has 0 aliphatic carbocycles. The van der Waals surface area contributed by atoms with Gasteiger partial charge in [0.2, 0.25) is 0 Å². The zero-order chi connectivity index (χ0) is 10.4. The predicted octanol–water partition coefficient (Wildman–Crippen LogP) is 0.0151. The molecule has 0 amide bonds. The van der Waals surface area contributed by atoms with E-state index in [9.17, 15) is 4.79 Å². The summed E-state index contributed by atoms with van der Waals surface area (Å²) in [5.74, 6) is 0.169. The number of hydrogen-bond acceptors (Lipinski definition) is 4. The lowest BCUT2D eigenvalue weighted by molar-refractivity contribution is -0.124. The van der Waals surface area contributed by atoms with Crippen LogP contribution in [0.15, 0.2) is 0 Å². The number of rotatable bonds is 5. The highest BCUT2D eigenvalue weighted by Gasteiger charge is 2.17. The van der Waals surface area contributed by atoms with Gasteiger partial charge in [-0.05, 0) is 19.8 Å². The Kier molecular flexibility index (Phi) is 5.07. The minimum absolute atomic E-state index is 0.169. The first-order chi connectivity index (χ1) is 6.72. The number of ketones is 1. The van der Waals surface area contributed by atoms with Gasteiger partial charge >= 0.3 is 0 Å². The van der Waals surface area contributed by atoms with Gasteiger partial charge < -0.3 is 10.5 Å². The van der Waals surface area contributed by atoms with Crippen molar-refractivity contribution in [2.45, 2.75) is 25.8 Å². The molecule has 0 spiro atoms. The quantitative estimate of drug-likeness (QED) is 0.679. The van der Waals surface area contributed by atoms with E-state index in [1.54, 1.807) is 0 Å². The molecule has 14 heavy (non-hydrogen) atoms. The summed E-state index contributed by atoms with van der Waals surface area (Å²) in [6.45, 7) is 5.16. The fourth-order valence-corrected chi connectivity index (χ4v) is 1.62. The summed E-state index contributed by atoms with van der Waals surface area (Å²) in [5.41, 5.74) is 5.77. The van der Waals surface area contributed by atoms with E-state index in [0.717, 1.165) is 25.9 Å². The molecule has 0 radical (unpaired) electrons. The van der Waals surface area contributed by atoms with Crippen molar-refractivity contribution in [1.82, 2.24) is 4.90 Å². The molecule has 0 aromatic heterocycles. The first-order valence-electron chi connectivity index (χ1n) is 5.29. The van der Waals surface area contributed by atoms with E-state index in [1.807, 2.05) is 6.92 Å². The number of likely N-dealkylation sites (tertiary alicyclic amines) is 1. The molecule has 2 N–H and O–H groups in total. The SMILES string of the molecule is CCOCC(=O)CN1CCC(N)CC1. The molecule has 1 aliphatic heterocycles. The van der Waals surface area contributed by atoms with Crippen LogP contribution in [0.5, 0.6) is 0 Å². The van der Waals surface area contributed by atoms with Crippen molar-refractivity contribution in [1.29, 1.82) is 0 Å². The van der Waals surface area contributed by atoms with Crippen molar-refractivity contribution >= 4 is 5.78 Å². The third-order valence-electron chi connectivity index (χ3n) is 2.50. The van der Waals surface area contributed by atoms with Crippen molar-refractivity contribution in [2.24, 2.45) is 5.73 Å². The second-order valence-electron chi connectivity index (χ2n) is 3.79. The van der Waals surface area contributed by atoms with Crippen LogP contribution in [0.3, 0.4) is 0 Å². The van der Waals surface area contributed by atoms with Gasteiger partial charge in [0.25, 0.3) is 0 Å². The highest BCUT2D eigenvalue weighted by Crippen LogP contribution is 2.07. The van der Waals surface area contributed by atoms with E-state index in [0.29, 0.717) is 19.2 Å². The maximum atomic E-state index is 11.4. The Balaban J connectivity index is 2.14. The van der Waals surface area contributed by atoms with Crippen LogP contribution < -0.4 is 5.73 Å². The normalized spacial score (nSPS) is 19.9. The topological polar surface area (TPSA) is 55.6 Å². The van der Waals surface area contributed by atoms with E-state index in [-0.39, 0.29) is 12.4 Å². The molecule has 0 unspecified atom stereocenters. The summed E-state index contributed by atoms with van der Waals surface area (Å²) >= 11 is 0. The van der Waals surface area contributed by atoms with Gasteiger partial charge in [0, 0.05) is 25.7 Å². The summed E-state index contributed by atoms with van der Waals surface area (Å²) in [7, 11) is 0. The summed E-state index contributed by atoms with van der Waals surface area (Å²) in [6, 6.07) is 0.327. The van der Waals surface area contributed by atoms with Crippen molar-refractivity contribution in [3.63, 3.8) is 0 Å². The number of nitrogens with two attached hydrogens (primary N) is 1. The Morgan fingerprint density at radius 2 is 2.14 bits per heavy atom. The van der Waals surface area contributed by atoms with Gasteiger partial charge in [-0.3, -0.25) is 9.69 Å². The molecule has 4 heteroatoms. The second-order valence-corrected chi connectivity index (χ2v) is 3.79. The van der Waals surface area contributed by atoms with Crippen LogP contribution in [0.2, 0.25) is 0 Å². The Bertz CT molecular complexity index is 177. The van der Waals surface area contributed by atoms with Crippen LogP contribution >= 0.6 is 0 Å². The number of hydrogen-bond donors (Lipinski definition) is 1. The van der Waals surface area contributed by atoms with Crippen molar-refractivity contribution in [2.75, 3.05) is 32.8 Å². The second kappa shape index (κ2) is 6.11. The average Bonchev–Trinajstić information content (AvgIpc) is 2.18. The Morgan fingerprint density at radius 1 is 1.50 bits per heavy atom. The predicted molar refractivity (Wildman–Crippen MR) is 55.1 cm³/mol. The molecule has 4 nitrogen and oxygen atoms in total. The fraction of sp³-hybridized carbons (Fsp3) is 0.900. The van der Waals surface area contributed by atoms with E-state index in [1.165, 1.54) is 0 Å². The highest BCUT2D eigenvalue weighted by molar-refractivity contribution is 5.81. The standard InChI is InChI=1S/C10H20N2O2/c1-2-14-8-10(13)7-12-5-3-9(11)4-6-12/h9H,2-8,11H2,1H3. The molecule has 0 aromatic rings. The Morgan fingerprint density at radius 3 is 2.71 bits per heavy atom. The van der Waals surface area contributed by atoms with E-state index in [2.05, 4.69) is 4.90 Å². The van der Waals surface area contributed by atoms with Gasteiger partial charge in [0.05, 0.1) is 6.54 Å². The number of piperidine rings is 1. The van der Waals surface area contributed by atoms with Crippen molar-refractivity contribution in [3.8, 4) is 0 Å². The monoisotopic (exact) mass is 200 g/mol. The smallest absolute Gasteiger partial charge is 0.172 e. The number of nitrogens with zero attached hydrogens (tertiary/aromatic N) is 1. The number of ether oxygens (including phenoxy) is 1. The zero-order valence-electron chi connectivity index (χ0n) is 8.87. The molecule has 1 rings (SSSR count). The maximum Gasteiger partial charge on any atom is 0.172 e. The first-order valence-corrected chi connectivity index (χ1v) is 5.29. The van der Waals surface area contributed by atoms with Crippen molar-refractivity contribution in [3.05, 3.63) is 0 Å². The summed E-state index contributed by atoms with van der Waals surface area (Å²) < 4.78 is 5.06. The maximum absolute atomic E-state index is 11.4. The van der Waals surface area contributed by atoms with Gasteiger partial charge in [0.15, 0.2) is 5.78 Å². The molecule has 0 bridgehead atoms. The Hall–Kier alpha value is -0.450. The number of Topliss-reactive ketones (excluding diaryl/α,β-unsaturated/α-hetero) is 1. The molecule has 82 valence electrons. The largest absolute Gasteiger partial charge is 0.374 e. The Labute approximate surface area is 85.4 Å². The van der Waals surface area contributed by atoms with Gasteiger partial charge in [-0.2, -0.15) is 0 Å². The summed E-state index contributed by atoms with van der Waals surface area (Å²) in [4.78, 5) is 13.5. The zero-order valence-corrected chi connectivity index (χ0v) is 8.87. The van der Waals surface area contributed by atoms with Gasteiger partial charge in [-0.15, -0.1) is 0 Å². The molecule has 1 saturated heterocycles. The average molecular weight is 200 g/mol. The first kappa shape index (κ1) is 11.6. The van der Waals surface area contributed by atoms with Crippen LogP contribution in [0.25, 0.3) is 0 Å². The minimum Gasteiger partial charge on any atom is -0.374 e. The van der Waals surface area contributed by atoms with E-state index >= 15 is 0 Å². The van der Waals surface area contributed by atoms with Gasteiger partial charge in [-0.25, -0.2) is 0 Å². The highest BCUT2D eigenvalue weighted by atomic mass is 16.5. The summed E-state index contributed by atoms with van der Waals surface area (Å²) in [6.07, 6.45) is 2.00. The number of carbonyl (C=O) groups is 1. The molecular formula is C10H20N2O2. The van der Waals surface area contributed by atoms with Crippen LogP contribution in [0.4, 0.5) is 0 Å². The minimum atomic E-state index is 0.169. The van der Waals surface area contributed by atoms with Crippen molar-refractivity contribution < 1.29 is 9.53 Å². The lowest BCUT2D eigenvalue weighted by atomic mass is 10.1. The lowest BCUT2D eigenvalue weighted by Gasteiger charge is -2.29. The van der Waals surface area contributed by atoms with Crippen LogP contribution in [0.1, 0.15) is 19.8 Å². The molecule has 0 saturated carbocycles. The lowest BCUT2D eigenvalue weighted by Crippen LogP contribution is -2.42. The molecule has 0 atom stereocenters. The molecule has 1 aliphatic rings. The molecule has 1 heterocycles. The van der Waals surface area contributed by atoms with Crippen LogP contribution in [-0.2, 0) is 9.53 Å². The molecule has 1 fully saturated rings. The molecular weight excluding hydrogens is 180 g/mol. The fourth-order valence-electron chi connectivity index (χ4n) is 1.62. The van der Waals surface area contributed by atoms with Crippen LogP contribution in [0, 0.1) is 0 Å². The molecule has 0 aromatic carbocycles. The van der Waals surface area contributed by atoms with E-state index in [4.69, 9.17) is 10.5 Å². The number of carbonyl (C=O) groups excluding carboxylic acids is 1. The summed E-state index contributed by atoms with van der Waals surface area (Å²) in [5, 5.41) is 0. The van der Waals surface area contributed by atoms with Gasteiger partial charge in [-0.1, -0.05) is 0 Å². The van der Waals surface area contributed by atoms with E-state index < -0.39 is 0 Å². The third-order valence-corrected chi connectivity index (χ3v) is 2.50.